The summed E-state index contributed by atoms with van der Waals surface area (Å²) in [5.74, 6) is 5.61. The average molecular weight is 231 g/mol. The van der Waals surface area contributed by atoms with Crippen molar-refractivity contribution in [2.24, 2.45) is 5.73 Å². The number of nitrogens with one attached hydrogen (secondary N) is 1. The molecule has 4 nitrogen and oxygen atoms in total. The van der Waals surface area contributed by atoms with Crippen molar-refractivity contribution in [3.8, 4) is 11.8 Å². The largest absolute Gasteiger partial charge is 0.320 e. The van der Waals surface area contributed by atoms with Crippen LogP contribution in [0.4, 0.5) is 0 Å². The fourth-order valence-corrected chi connectivity index (χ4v) is 1.43. The van der Waals surface area contributed by atoms with Gasteiger partial charge in [0.05, 0.1) is 6.54 Å². The normalized spacial score (nSPS) is 9.71. The first kappa shape index (κ1) is 13.2. The number of hydrogen-bond acceptors (Lipinski definition) is 3. The molecule has 0 radical (unpaired) electrons. The minimum absolute atomic E-state index is 0.135. The summed E-state index contributed by atoms with van der Waals surface area (Å²) in [6.45, 7) is 2.19. The smallest absolute Gasteiger partial charge is 0.265 e. The second-order valence-electron chi connectivity index (χ2n) is 3.82. The number of nitrogens with two attached hydrogens (primary N) is 1. The van der Waals surface area contributed by atoms with E-state index in [1.54, 1.807) is 25.2 Å². The summed E-state index contributed by atoms with van der Waals surface area (Å²) >= 11 is 0. The number of rotatable bonds is 2. The SMILES string of the molecule is Cc1c(C#CCN)cccc1C(=O)NN(C)C. The number of carbonyl (C=O) groups excluding carboxylic acids is 1. The van der Waals surface area contributed by atoms with Crippen molar-refractivity contribution in [1.82, 2.24) is 10.4 Å². The van der Waals surface area contributed by atoms with Crippen molar-refractivity contribution in [2.75, 3.05) is 20.6 Å². The molecule has 4 heteroatoms. The number of carbonyl (C=O) groups is 1. The van der Waals surface area contributed by atoms with E-state index in [1.165, 1.54) is 0 Å². The van der Waals surface area contributed by atoms with Crippen LogP contribution < -0.4 is 11.2 Å². The molecule has 0 unspecified atom stereocenters. The highest BCUT2D eigenvalue weighted by Gasteiger charge is 2.10. The van der Waals surface area contributed by atoms with Crippen LogP contribution in [0.1, 0.15) is 21.5 Å². The Balaban J connectivity index is 3.06. The molecule has 0 bridgehead atoms. The van der Waals surface area contributed by atoms with Gasteiger partial charge >= 0.3 is 0 Å². The fraction of sp³-hybridized carbons (Fsp3) is 0.308. The Labute approximate surface area is 102 Å². The molecule has 1 aromatic rings. The molecule has 17 heavy (non-hydrogen) atoms. The van der Waals surface area contributed by atoms with Gasteiger partial charge < -0.3 is 5.73 Å². The van der Waals surface area contributed by atoms with Gasteiger partial charge in [0.2, 0.25) is 0 Å². The number of hydrazine groups is 1. The van der Waals surface area contributed by atoms with Crippen LogP contribution in [0.5, 0.6) is 0 Å². The van der Waals surface area contributed by atoms with E-state index in [0.717, 1.165) is 11.1 Å². The summed E-state index contributed by atoms with van der Waals surface area (Å²) in [7, 11) is 3.54. The molecule has 0 aromatic heterocycles. The minimum Gasteiger partial charge on any atom is -0.320 e. The lowest BCUT2D eigenvalue weighted by atomic mass is 10.0. The summed E-state index contributed by atoms with van der Waals surface area (Å²) in [6, 6.07) is 5.48. The lowest BCUT2D eigenvalue weighted by Gasteiger charge is -2.13. The summed E-state index contributed by atoms with van der Waals surface area (Å²) < 4.78 is 0. The van der Waals surface area contributed by atoms with Crippen molar-refractivity contribution >= 4 is 5.91 Å². The highest BCUT2D eigenvalue weighted by molar-refractivity contribution is 5.95. The van der Waals surface area contributed by atoms with Gasteiger partial charge in [0, 0.05) is 25.2 Å². The Morgan fingerprint density at radius 3 is 2.76 bits per heavy atom. The minimum atomic E-state index is -0.135. The molecule has 0 saturated carbocycles. The molecule has 0 atom stereocenters. The first-order chi connectivity index (χ1) is 8.06. The highest BCUT2D eigenvalue weighted by Crippen LogP contribution is 2.12. The van der Waals surface area contributed by atoms with Gasteiger partial charge in [0.15, 0.2) is 0 Å². The molecule has 1 amide bonds. The average Bonchev–Trinajstić information content (AvgIpc) is 2.26. The molecule has 3 N–H and O–H groups in total. The van der Waals surface area contributed by atoms with E-state index in [4.69, 9.17) is 5.73 Å². The predicted molar refractivity (Wildman–Crippen MR) is 68.3 cm³/mol. The van der Waals surface area contributed by atoms with Crippen LogP contribution in [0.2, 0.25) is 0 Å². The van der Waals surface area contributed by atoms with Crippen LogP contribution in [-0.4, -0.2) is 31.6 Å². The van der Waals surface area contributed by atoms with Crippen LogP contribution in [0.3, 0.4) is 0 Å². The molecule has 1 aromatic carbocycles. The molecule has 1 rings (SSSR count). The van der Waals surface area contributed by atoms with E-state index >= 15 is 0 Å². The van der Waals surface area contributed by atoms with Crippen LogP contribution in [0.25, 0.3) is 0 Å². The zero-order valence-electron chi connectivity index (χ0n) is 10.4. The monoisotopic (exact) mass is 231 g/mol. The first-order valence-corrected chi connectivity index (χ1v) is 5.33. The van der Waals surface area contributed by atoms with Crippen LogP contribution in [-0.2, 0) is 0 Å². The molecule has 90 valence electrons. The van der Waals surface area contributed by atoms with E-state index in [-0.39, 0.29) is 5.91 Å². The number of nitrogens with zero attached hydrogens (tertiary/aromatic N) is 1. The lowest BCUT2D eigenvalue weighted by Crippen LogP contribution is -2.36. The van der Waals surface area contributed by atoms with Gasteiger partial charge in [-0.2, -0.15) is 0 Å². The maximum absolute atomic E-state index is 11.9. The molecule has 0 fully saturated rings. The molecular formula is C13H17N3O. The van der Waals surface area contributed by atoms with Gasteiger partial charge in [-0.05, 0) is 24.6 Å². The fourth-order valence-electron chi connectivity index (χ4n) is 1.43. The van der Waals surface area contributed by atoms with Gasteiger partial charge in [-0.15, -0.1) is 0 Å². The quantitative estimate of drug-likeness (QED) is 0.576. The van der Waals surface area contributed by atoms with E-state index in [9.17, 15) is 4.79 Å². The van der Waals surface area contributed by atoms with E-state index in [1.807, 2.05) is 19.1 Å². The molecule has 0 aliphatic heterocycles. The van der Waals surface area contributed by atoms with Crippen molar-refractivity contribution in [2.45, 2.75) is 6.92 Å². The third-order valence-corrected chi connectivity index (χ3v) is 2.23. The third kappa shape index (κ3) is 3.59. The molecule has 0 saturated heterocycles. The Morgan fingerprint density at radius 1 is 1.47 bits per heavy atom. The van der Waals surface area contributed by atoms with E-state index < -0.39 is 0 Å². The summed E-state index contributed by atoms with van der Waals surface area (Å²) in [4.78, 5) is 11.9. The van der Waals surface area contributed by atoms with E-state index in [2.05, 4.69) is 17.3 Å². The maximum Gasteiger partial charge on any atom is 0.265 e. The van der Waals surface area contributed by atoms with Gasteiger partial charge in [-0.25, -0.2) is 5.01 Å². The molecule has 0 spiro atoms. The molecule has 0 heterocycles. The number of amides is 1. The van der Waals surface area contributed by atoms with Crippen LogP contribution >= 0.6 is 0 Å². The Hall–Kier alpha value is -1.83. The van der Waals surface area contributed by atoms with Crippen molar-refractivity contribution in [3.05, 3.63) is 34.9 Å². The van der Waals surface area contributed by atoms with Gasteiger partial charge in [-0.3, -0.25) is 10.2 Å². The Morgan fingerprint density at radius 2 is 2.18 bits per heavy atom. The number of benzene rings is 1. The Kier molecular flexibility index (Phi) is 4.70. The van der Waals surface area contributed by atoms with Gasteiger partial charge in [-0.1, -0.05) is 17.9 Å². The van der Waals surface area contributed by atoms with Gasteiger partial charge in [0.25, 0.3) is 5.91 Å². The van der Waals surface area contributed by atoms with E-state index in [0.29, 0.717) is 12.1 Å². The topological polar surface area (TPSA) is 58.4 Å². The van der Waals surface area contributed by atoms with Crippen molar-refractivity contribution in [1.29, 1.82) is 0 Å². The zero-order chi connectivity index (χ0) is 12.8. The van der Waals surface area contributed by atoms with Crippen molar-refractivity contribution in [3.63, 3.8) is 0 Å². The highest BCUT2D eigenvalue weighted by atomic mass is 16.2. The number of hydrogen-bond donors (Lipinski definition) is 2. The second kappa shape index (κ2) is 6.04. The maximum atomic E-state index is 11.9. The summed E-state index contributed by atoms with van der Waals surface area (Å²) in [5.41, 5.74) is 10.4. The lowest BCUT2D eigenvalue weighted by molar-refractivity contribution is 0.0856. The van der Waals surface area contributed by atoms with Gasteiger partial charge in [0.1, 0.15) is 0 Å². The standard InChI is InChI=1S/C13H17N3O/c1-10-11(7-5-9-14)6-4-8-12(10)13(17)15-16(2)3/h4,6,8H,9,14H2,1-3H3,(H,15,17). The van der Waals surface area contributed by atoms with Crippen molar-refractivity contribution < 1.29 is 4.79 Å². The third-order valence-electron chi connectivity index (χ3n) is 2.23. The Bertz CT molecular complexity index is 469. The summed E-state index contributed by atoms with van der Waals surface area (Å²) in [5, 5.41) is 1.61. The second-order valence-corrected chi connectivity index (χ2v) is 3.82. The van der Waals surface area contributed by atoms with Crippen LogP contribution in [0.15, 0.2) is 18.2 Å². The molecule has 0 aliphatic rings. The molecular weight excluding hydrogens is 214 g/mol. The first-order valence-electron chi connectivity index (χ1n) is 5.33. The molecule has 0 aliphatic carbocycles. The van der Waals surface area contributed by atoms with Crippen LogP contribution in [0, 0.1) is 18.8 Å². The summed E-state index contributed by atoms with van der Waals surface area (Å²) in [6.07, 6.45) is 0. The predicted octanol–water partition coefficient (Wildman–Crippen LogP) is 0.512. The zero-order valence-corrected chi connectivity index (χ0v) is 10.4.